The number of hydrogen-bond donors (Lipinski definition) is 5. The predicted octanol–water partition coefficient (Wildman–Crippen LogP) is -2.87. The maximum atomic E-state index is 8.49. The normalized spacial score (nSPS) is 6.35. The van der Waals surface area contributed by atoms with Crippen molar-refractivity contribution in [2.75, 3.05) is 0 Å². The van der Waals surface area contributed by atoms with E-state index in [1.807, 2.05) is 18.2 Å². The zero-order chi connectivity index (χ0) is 8.74. The van der Waals surface area contributed by atoms with Crippen LogP contribution in [0.3, 0.4) is 0 Å². The van der Waals surface area contributed by atoms with Gasteiger partial charge in [0.2, 0.25) is 0 Å². The van der Waals surface area contributed by atoms with Crippen LogP contribution >= 0.6 is 0 Å². The molecule has 0 unspecified atom stereocenters. The molecule has 1 rings (SSSR count). The van der Waals surface area contributed by atoms with E-state index < -0.39 is 10.2 Å². The minimum Gasteiger partial charge on any atom is -0.344 e. The van der Waals surface area contributed by atoms with Crippen LogP contribution in [0.15, 0.2) is 30.6 Å². The Morgan fingerprint density at radius 2 is 0.882 bits per heavy atom. The van der Waals surface area contributed by atoms with E-state index in [9.17, 15) is 0 Å². The van der Waals surface area contributed by atoms with Gasteiger partial charge in [0.05, 0.1) is 0 Å². The van der Waals surface area contributed by atoms with Gasteiger partial charge in [-0.1, -0.05) is 6.07 Å². The minimum atomic E-state index is -4.94. The molecule has 0 aliphatic carbocycles. The van der Waals surface area contributed by atoms with Gasteiger partial charge in [-0.3, -0.25) is 4.98 Å². The molecule has 0 aromatic carbocycles. The van der Waals surface area contributed by atoms with Crippen molar-refractivity contribution < 1.29 is 48.4 Å². The summed E-state index contributed by atoms with van der Waals surface area (Å²) in [6.45, 7) is 0. The van der Waals surface area contributed by atoms with E-state index in [0.717, 1.165) is 0 Å². The van der Waals surface area contributed by atoms with E-state index in [-0.39, 0.29) is 50.2 Å². The first-order valence-corrected chi connectivity index (χ1v) is 3.70. The molecule has 10 nitrogen and oxygen atoms in total. The van der Waals surface area contributed by atoms with Gasteiger partial charge in [0.25, 0.3) is 0 Å². The van der Waals surface area contributed by atoms with E-state index >= 15 is 0 Å². The summed E-state index contributed by atoms with van der Waals surface area (Å²) in [5, 5.41) is 0. The summed E-state index contributed by atoms with van der Waals surface area (Å²) in [5.41, 5.74) is 0. The Hall–Kier alpha value is -0.297. The zero-order valence-electron chi connectivity index (χ0n) is 9.23. The fraction of sp³-hybridized carbons (Fsp3) is 0. The molecule has 12 heteroatoms. The van der Waals surface area contributed by atoms with E-state index in [2.05, 4.69) is 4.98 Å². The molecule has 0 spiro atoms. The summed E-state index contributed by atoms with van der Waals surface area (Å²) >= 11 is 0. The molecule has 0 aliphatic heterocycles. The SMILES string of the molecule is N.N.N.N.N.[O-][Cl+3]([O-])([O-])[O-].[Ru+2].c1ccncc1. The largest absolute Gasteiger partial charge is 2.00 e. The van der Waals surface area contributed by atoms with Crippen LogP contribution in [0.5, 0.6) is 0 Å². The van der Waals surface area contributed by atoms with Gasteiger partial charge in [-0.15, -0.1) is 10.2 Å². The number of nitrogens with zero attached hydrogens (tertiary/aromatic N) is 1. The van der Waals surface area contributed by atoms with Crippen LogP contribution in [0, 0.1) is 10.2 Å². The van der Waals surface area contributed by atoms with Crippen molar-refractivity contribution in [1.82, 2.24) is 35.7 Å². The third-order valence-corrected chi connectivity index (χ3v) is 0.566. The minimum absolute atomic E-state index is 0. The van der Waals surface area contributed by atoms with Crippen LogP contribution in [0.2, 0.25) is 0 Å². The molecule has 0 atom stereocenters. The average molecular weight is 365 g/mol. The number of pyridine rings is 1. The van der Waals surface area contributed by atoms with Gasteiger partial charge < -0.3 is 30.8 Å². The van der Waals surface area contributed by atoms with Crippen molar-refractivity contribution in [2.24, 2.45) is 0 Å². The Labute approximate surface area is 115 Å². The number of hydrogen-bond acceptors (Lipinski definition) is 10. The van der Waals surface area contributed by atoms with Crippen LogP contribution in [-0.2, 0) is 19.5 Å². The summed E-state index contributed by atoms with van der Waals surface area (Å²) in [4.78, 5) is 3.78. The molecule has 15 N–H and O–H groups in total. The summed E-state index contributed by atoms with van der Waals surface area (Å²) in [5.74, 6) is 0. The second-order valence-electron chi connectivity index (χ2n) is 1.40. The van der Waals surface area contributed by atoms with E-state index in [4.69, 9.17) is 18.6 Å². The van der Waals surface area contributed by atoms with Gasteiger partial charge in [0.15, 0.2) is 0 Å². The molecule has 0 saturated heterocycles. The maximum Gasteiger partial charge on any atom is 2.00 e. The zero-order valence-corrected chi connectivity index (χ0v) is 11.7. The van der Waals surface area contributed by atoms with Crippen molar-refractivity contribution in [3.63, 3.8) is 0 Å². The molecule has 1 aromatic rings. The van der Waals surface area contributed by atoms with Crippen molar-refractivity contribution in [1.29, 1.82) is 0 Å². The third-order valence-electron chi connectivity index (χ3n) is 0.566. The van der Waals surface area contributed by atoms with Gasteiger partial charge in [0.1, 0.15) is 0 Å². The quantitative estimate of drug-likeness (QED) is 0.293. The summed E-state index contributed by atoms with van der Waals surface area (Å²) in [6, 6.07) is 5.72. The monoisotopic (exact) mass is 365 g/mol. The fourth-order valence-electron chi connectivity index (χ4n) is 0.313. The summed E-state index contributed by atoms with van der Waals surface area (Å²) in [6.07, 6.45) is 3.50. The molecule has 1 aromatic heterocycles. The Balaban J connectivity index is -0.0000000176. The molecule has 108 valence electrons. The molecule has 0 fully saturated rings. The van der Waals surface area contributed by atoms with Crippen molar-refractivity contribution in [3.8, 4) is 0 Å². The average Bonchev–Trinajstić information content (AvgIpc) is 1.88. The standard InChI is InChI=1S/C5H5N.ClHO4.5H3N.Ru/c1-2-4-6-5-3-1;2-1(3,4)5;;;;;;/h1-5H;(H,2,3,4,5);5*1H3;/q;;;;;;;+2/p-1. The molecule has 0 saturated carbocycles. The van der Waals surface area contributed by atoms with Crippen molar-refractivity contribution in [3.05, 3.63) is 30.6 Å². The molecule has 1 heterocycles. The molecule has 17 heavy (non-hydrogen) atoms. The molecule has 0 amide bonds. The van der Waals surface area contributed by atoms with Crippen LogP contribution in [0.4, 0.5) is 0 Å². The maximum absolute atomic E-state index is 8.49. The second kappa shape index (κ2) is 24.8. The number of aromatic nitrogens is 1. The van der Waals surface area contributed by atoms with Gasteiger partial charge in [-0.25, -0.2) is 18.6 Å². The topological polar surface area (TPSA) is 280 Å². The van der Waals surface area contributed by atoms with Crippen molar-refractivity contribution >= 4 is 0 Å². The molecule has 0 aliphatic rings. The van der Waals surface area contributed by atoms with Crippen LogP contribution in [0.1, 0.15) is 0 Å². The van der Waals surface area contributed by atoms with Gasteiger partial charge in [-0.2, -0.15) is 0 Å². The van der Waals surface area contributed by atoms with Crippen LogP contribution in [0.25, 0.3) is 0 Å². The second-order valence-corrected chi connectivity index (χ2v) is 2.16. The molecular formula is C5H20ClN6O4Ru+. The summed E-state index contributed by atoms with van der Waals surface area (Å²) < 4.78 is 34.0. The molecular weight excluding hydrogens is 345 g/mol. The van der Waals surface area contributed by atoms with Gasteiger partial charge in [0, 0.05) is 12.4 Å². The first-order chi connectivity index (χ1) is 5.00. The predicted molar refractivity (Wildman–Crippen MR) is 49.3 cm³/mol. The van der Waals surface area contributed by atoms with E-state index in [0.29, 0.717) is 0 Å². The van der Waals surface area contributed by atoms with E-state index in [1.165, 1.54) is 0 Å². The first-order valence-electron chi connectivity index (χ1n) is 2.47. The number of rotatable bonds is 0. The van der Waals surface area contributed by atoms with Gasteiger partial charge in [-0.05, 0) is 12.1 Å². The van der Waals surface area contributed by atoms with Crippen LogP contribution in [-0.4, -0.2) is 4.98 Å². The van der Waals surface area contributed by atoms with Gasteiger partial charge >= 0.3 is 19.5 Å². The molecule has 0 radical (unpaired) electrons. The summed E-state index contributed by atoms with van der Waals surface area (Å²) in [7, 11) is -4.94. The smallest absolute Gasteiger partial charge is 0.344 e. The van der Waals surface area contributed by atoms with Crippen molar-refractivity contribution in [2.45, 2.75) is 0 Å². The van der Waals surface area contributed by atoms with Crippen LogP contribution < -0.4 is 49.4 Å². The van der Waals surface area contributed by atoms with E-state index in [1.54, 1.807) is 12.4 Å². The molecule has 0 bridgehead atoms. The Bertz CT molecular complexity index is 159. The fourth-order valence-corrected chi connectivity index (χ4v) is 0.313. The first kappa shape index (κ1) is 43.7. The number of halogens is 1. The Morgan fingerprint density at radius 3 is 0.941 bits per heavy atom. The third kappa shape index (κ3) is 90.7. The Kier molecular flexibility index (Phi) is 63.8. The Morgan fingerprint density at radius 1 is 0.647 bits per heavy atom.